The summed E-state index contributed by atoms with van der Waals surface area (Å²) >= 11 is 0. The first-order valence-corrected chi connectivity index (χ1v) is 6.54. The van der Waals surface area contributed by atoms with Gasteiger partial charge < -0.3 is 5.32 Å². The van der Waals surface area contributed by atoms with Crippen molar-refractivity contribution in [1.29, 1.82) is 0 Å². The summed E-state index contributed by atoms with van der Waals surface area (Å²) in [6, 6.07) is 4.24. The zero-order chi connectivity index (χ0) is 15.4. The normalized spacial score (nSPS) is 10.4. The van der Waals surface area contributed by atoms with E-state index in [0.717, 1.165) is 12.6 Å². The number of anilines is 1. The van der Waals surface area contributed by atoms with E-state index >= 15 is 0 Å². The van der Waals surface area contributed by atoms with Crippen molar-refractivity contribution < 1.29 is 9.31 Å². The summed E-state index contributed by atoms with van der Waals surface area (Å²) < 4.78 is 13.5. The molecule has 1 N–H and O–H groups in total. The molecule has 0 fully saturated rings. The van der Waals surface area contributed by atoms with Crippen molar-refractivity contribution in [2.75, 3.05) is 11.9 Å². The van der Waals surface area contributed by atoms with Gasteiger partial charge in [-0.05, 0) is 37.1 Å². The van der Waals surface area contributed by atoms with Crippen molar-refractivity contribution in [1.82, 2.24) is 9.97 Å². The molecular weight excluding hydrogens is 275 g/mol. The Morgan fingerprint density at radius 1 is 1.38 bits per heavy atom. The fraction of sp³-hybridized carbons (Fsp3) is 0.286. The Bertz CT molecular complexity index is 656. The molecule has 1 aromatic heterocycles. The molecule has 0 aliphatic carbocycles. The van der Waals surface area contributed by atoms with Gasteiger partial charge in [0, 0.05) is 12.1 Å². The summed E-state index contributed by atoms with van der Waals surface area (Å²) in [5.41, 5.74) is 0.889. The summed E-state index contributed by atoms with van der Waals surface area (Å²) in [4.78, 5) is 18.6. The number of aromatic nitrogens is 2. The van der Waals surface area contributed by atoms with Crippen molar-refractivity contribution >= 4 is 11.6 Å². The fourth-order valence-corrected chi connectivity index (χ4v) is 1.92. The van der Waals surface area contributed by atoms with Crippen LogP contribution in [0.1, 0.15) is 18.9 Å². The van der Waals surface area contributed by atoms with Crippen LogP contribution in [0.4, 0.5) is 16.0 Å². The molecule has 7 heteroatoms. The standard InChI is InChI=1S/C14H15FN4O2/c1-3-4-16-14-17-8-12(19(20)21)13(18-14)10-5-9(2)6-11(15)7-10/h5-8H,3-4H2,1-2H3,(H,16,17,18). The predicted molar refractivity (Wildman–Crippen MR) is 77.6 cm³/mol. The van der Waals surface area contributed by atoms with Crippen LogP contribution in [0.15, 0.2) is 24.4 Å². The van der Waals surface area contributed by atoms with Crippen LogP contribution < -0.4 is 5.32 Å². The van der Waals surface area contributed by atoms with E-state index in [2.05, 4.69) is 15.3 Å². The Kier molecular flexibility index (Phi) is 4.42. The summed E-state index contributed by atoms with van der Waals surface area (Å²) in [6.07, 6.45) is 2.01. The first-order valence-electron chi connectivity index (χ1n) is 6.54. The predicted octanol–water partition coefficient (Wildman–Crippen LogP) is 3.32. The number of hydrogen-bond donors (Lipinski definition) is 1. The zero-order valence-electron chi connectivity index (χ0n) is 11.8. The van der Waals surface area contributed by atoms with Crippen LogP contribution in [0, 0.1) is 22.9 Å². The molecule has 0 atom stereocenters. The smallest absolute Gasteiger partial charge is 0.313 e. The number of halogens is 1. The van der Waals surface area contributed by atoms with Gasteiger partial charge in [-0.3, -0.25) is 10.1 Å². The minimum Gasteiger partial charge on any atom is -0.354 e. The third-order valence-corrected chi connectivity index (χ3v) is 2.81. The number of rotatable bonds is 5. The van der Waals surface area contributed by atoms with Crippen LogP contribution in [0.25, 0.3) is 11.3 Å². The number of hydrogen-bond acceptors (Lipinski definition) is 5. The van der Waals surface area contributed by atoms with E-state index in [-0.39, 0.29) is 11.4 Å². The highest BCUT2D eigenvalue weighted by Crippen LogP contribution is 2.29. The Labute approximate surface area is 121 Å². The first kappa shape index (κ1) is 14.8. The van der Waals surface area contributed by atoms with Crippen LogP contribution in [0.3, 0.4) is 0 Å². The number of aryl methyl sites for hydroxylation is 1. The van der Waals surface area contributed by atoms with Crippen LogP contribution >= 0.6 is 0 Å². The van der Waals surface area contributed by atoms with Gasteiger partial charge >= 0.3 is 5.69 Å². The molecule has 1 heterocycles. The van der Waals surface area contributed by atoms with E-state index in [1.54, 1.807) is 13.0 Å². The average Bonchev–Trinajstić information content (AvgIpc) is 2.43. The SMILES string of the molecule is CCCNc1ncc([N+](=O)[O-])c(-c2cc(C)cc(F)c2)n1. The Balaban J connectivity index is 2.54. The minimum absolute atomic E-state index is 0.108. The molecule has 21 heavy (non-hydrogen) atoms. The molecule has 0 aliphatic heterocycles. The Morgan fingerprint density at radius 2 is 2.14 bits per heavy atom. The second kappa shape index (κ2) is 6.25. The molecule has 0 saturated heterocycles. The van der Waals surface area contributed by atoms with Gasteiger partial charge in [0.2, 0.25) is 5.95 Å². The minimum atomic E-state index is -0.570. The molecule has 0 aliphatic rings. The molecule has 6 nitrogen and oxygen atoms in total. The molecule has 110 valence electrons. The summed E-state index contributed by atoms with van der Waals surface area (Å²) in [5, 5.41) is 14.1. The molecule has 0 radical (unpaired) electrons. The Hall–Kier alpha value is -2.57. The first-order chi connectivity index (χ1) is 10.0. The molecule has 0 amide bonds. The number of nitro groups is 1. The van der Waals surface area contributed by atoms with Gasteiger partial charge in [-0.2, -0.15) is 0 Å². The van der Waals surface area contributed by atoms with Gasteiger partial charge in [-0.15, -0.1) is 0 Å². The molecule has 1 aromatic carbocycles. The number of benzene rings is 1. The van der Waals surface area contributed by atoms with Gasteiger partial charge in [0.05, 0.1) is 4.92 Å². The molecule has 0 unspecified atom stereocenters. The fourth-order valence-electron chi connectivity index (χ4n) is 1.92. The third-order valence-electron chi connectivity index (χ3n) is 2.81. The summed E-state index contributed by atoms with van der Waals surface area (Å²) in [5.74, 6) is -0.166. The summed E-state index contributed by atoms with van der Waals surface area (Å²) in [6.45, 7) is 4.35. The maximum atomic E-state index is 13.5. The second-order valence-electron chi connectivity index (χ2n) is 4.63. The monoisotopic (exact) mass is 290 g/mol. The lowest BCUT2D eigenvalue weighted by atomic mass is 10.1. The lowest BCUT2D eigenvalue weighted by Crippen LogP contribution is -2.06. The maximum absolute atomic E-state index is 13.5. The van der Waals surface area contributed by atoms with E-state index in [1.165, 1.54) is 12.1 Å². The molecule has 0 bridgehead atoms. The molecular formula is C14H15FN4O2. The van der Waals surface area contributed by atoms with E-state index in [1.807, 2.05) is 6.92 Å². The quantitative estimate of drug-likeness (QED) is 0.674. The topological polar surface area (TPSA) is 81.0 Å². The van der Waals surface area contributed by atoms with Crippen molar-refractivity contribution in [3.05, 3.63) is 45.9 Å². The Morgan fingerprint density at radius 3 is 2.76 bits per heavy atom. The van der Waals surface area contributed by atoms with E-state index < -0.39 is 10.7 Å². The summed E-state index contributed by atoms with van der Waals surface area (Å²) in [7, 11) is 0. The van der Waals surface area contributed by atoms with Gasteiger partial charge in [0.1, 0.15) is 12.0 Å². The van der Waals surface area contributed by atoms with Crippen LogP contribution in [-0.4, -0.2) is 21.4 Å². The van der Waals surface area contributed by atoms with Crippen LogP contribution in [0.5, 0.6) is 0 Å². The van der Waals surface area contributed by atoms with Crippen molar-refractivity contribution in [3.63, 3.8) is 0 Å². The highest BCUT2D eigenvalue weighted by Gasteiger charge is 2.19. The largest absolute Gasteiger partial charge is 0.354 e. The van der Waals surface area contributed by atoms with E-state index in [4.69, 9.17) is 0 Å². The van der Waals surface area contributed by atoms with Crippen molar-refractivity contribution in [2.24, 2.45) is 0 Å². The van der Waals surface area contributed by atoms with Crippen LogP contribution in [0.2, 0.25) is 0 Å². The lowest BCUT2D eigenvalue weighted by Gasteiger charge is -2.07. The number of nitrogens with one attached hydrogen (secondary N) is 1. The molecule has 0 spiro atoms. The van der Waals surface area contributed by atoms with Gasteiger partial charge in [-0.1, -0.05) is 6.92 Å². The second-order valence-corrected chi connectivity index (χ2v) is 4.63. The van der Waals surface area contributed by atoms with Crippen molar-refractivity contribution in [3.8, 4) is 11.3 Å². The van der Waals surface area contributed by atoms with E-state index in [0.29, 0.717) is 23.6 Å². The average molecular weight is 290 g/mol. The molecule has 2 aromatic rings. The van der Waals surface area contributed by atoms with E-state index in [9.17, 15) is 14.5 Å². The zero-order valence-corrected chi connectivity index (χ0v) is 11.8. The lowest BCUT2D eigenvalue weighted by molar-refractivity contribution is -0.384. The molecule has 0 saturated carbocycles. The van der Waals surface area contributed by atoms with Gasteiger partial charge in [0.15, 0.2) is 5.69 Å². The third kappa shape index (κ3) is 3.50. The van der Waals surface area contributed by atoms with Crippen LogP contribution in [-0.2, 0) is 0 Å². The number of nitrogens with zero attached hydrogens (tertiary/aromatic N) is 3. The van der Waals surface area contributed by atoms with Gasteiger partial charge in [-0.25, -0.2) is 14.4 Å². The van der Waals surface area contributed by atoms with Gasteiger partial charge in [0.25, 0.3) is 0 Å². The highest BCUT2D eigenvalue weighted by molar-refractivity contribution is 5.70. The highest BCUT2D eigenvalue weighted by atomic mass is 19.1. The maximum Gasteiger partial charge on any atom is 0.313 e. The molecule has 2 rings (SSSR count). The van der Waals surface area contributed by atoms with Crippen molar-refractivity contribution in [2.45, 2.75) is 20.3 Å².